The second-order valence-electron chi connectivity index (χ2n) is 8.05. The number of nitriles is 1. The molecule has 0 spiro atoms. The number of fused-ring (bicyclic) bond motifs is 1. The Bertz CT molecular complexity index is 1000. The van der Waals surface area contributed by atoms with Crippen molar-refractivity contribution < 1.29 is 4.42 Å². The largest absolute Gasteiger partial charge is 0.441 e. The summed E-state index contributed by atoms with van der Waals surface area (Å²) in [5.74, 6) is 0.807. The number of benzene rings is 2. The first-order valence-corrected chi connectivity index (χ1v) is 10.5. The Labute approximate surface area is 184 Å². The third-order valence-corrected chi connectivity index (χ3v) is 5.92. The summed E-state index contributed by atoms with van der Waals surface area (Å²) in [6, 6.07) is 17.3. The summed E-state index contributed by atoms with van der Waals surface area (Å²) < 4.78 is 5.87. The van der Waals surface area contributed by atoms with Crippen LogP contribution in [0.5, 0.6) is 0 Å². The molecule has 0 amide bonds. The molecular weight excluding hydrogens is 396 g/mol. The van der Waals surface area contributed by atoms with Crippen molar-refractivity contribution in [1.82, 2.24) is 15.2 Å². The maximum absolute atomic E-state index is 8.90. The second-order valence-corrected chi connectivity index (χ2v) is 8.05. The molecule has 1 N–H and O–H groups in total. The summed E-state index contributed by atoms with van der Waals surface area (Å²) in [6.45, 7) is 7.89. The number of oxazole rings is 1. The molecule has 3 aromatic rings. The molecule has 1 aromatic heterocycles. The monoisotopic (exact) mass is 424 g/mol. The fraction of sp³-hybridized carbons (Fsp3) is 0.417. The fourth-order valence-electron chi connectivity index (χ4n) is 3.57. The van der Waals surface area contributed by atoms with Crippen LogP contribution in [0.3, 0.4) is 0 Å². The lowest BCUT2D eigenvalue weighted by Gasteiger charge is -2.38. The standard InChI is InChI=1S/C20H19N3O.C4H9N.ClH/c1-14-8-10-23(14)11-9-20-22-18-12-17(6-7-19(18)24-20)16-4-2-15(13-21)3-5-16;1-4-2-3-5-4;/h2-7,12,14H,8-11H2,1H3;4-5H,2-3H2,1H3;1H/t14-;4-;/m11./s1. The second kappa shape index (κ2) is 10.1. The van der Waals surface area contributed by atoms with E-state index in [1.54, 1.807) is 0 Å². The van der Waals surface area contributed by atoms with Gasteiger partial charge in [-0.3, -0.25) is 0 Å². The minimum atomic E-state index is 0. The van der Waals surface area contributed by atoms with E-state index in [0.29, 0.717) is 11.6 Å². The van der Waals surface area contributed by atoms with Crippen LogP contribution in [0.4, 0.5) is 0 Å². The maximum atomic E-state index is 8.90. The molecule has 2 aromatic carbocycles. The molecule has 158 valence electrons. The quantitative estimate of drug-likeness (QED) is 0.652. The topological polar surface area (TPSA) is 65.1 Å². The van der Waals surface area contributed by atoms with Crippen molar-refractivity contribution in [2.24, 2.45) is 0 Å². The number of aromatic nitrogens is 1. The highest BCUT2D eigenvalue weighted by Crippen LogP contribution is 2.26. The van der Waals surface area contributed by atoms with E-state index in [2.05, 4.69) is 41.2 Å². The number of likely N-dealkylation sites (tertiary alicyclic amines) is 1. The van der Waals surface area contributed by atoms with Crippen molar-refractivity contribution in [3.63, 3.8) is 0 Å². The van der Waals surface area contributed by atoms with E-state index < -0.39 is 0 Å². The van der Waals surface area contributed by atoms with E-state index in [9.17, 15) is 0 Å². The van der Waals surface area contributed by atoms with Crippen LogP contribution in [0.15, 0.2) is 46.9 Å². The summed E-state index contributed by atoms with van der Waals surface area (Å²) >= 11 is 0. The highest BCUT2D eigenvalue weighted by atomic mass is 35.5. The van der Waals surface area contributed by atoms with Gasteiger partial charge in [0.1, 0.15) is 5.52 Å². The van der Waals surface area contributed by atoms with Crippen molar-refractivity contribution in [3.8, 4) is 17.2 Å². The van der Waals surface area contributed by atoms with Gasteiger partial charge in [-0.15, -0.1) is 12.4 Å². The third kappa shape index (κ3) is 5.20. The first-order chi connectivity index (χ1) is 14.1. The maximum Gasteiger partial charge on any atom is 0.196 e. The van der Waals surface area contributed by atoms with Crippen LogP contribution < -0.4 is 5.32 Å². The molecule has 2 fully saturated rings. The molecule has 5 rings (SSSR count). The van der Waals surface area contributed by atoms with Gasteiger partial charge < -0.3 is 14.6 Å². The van der Waals surface area contributed by atoms with Crippen LogP contribution in [-0.4, -0.2) is 41.6 Å². The molecule has 0 radical (unpaired) electrons. The zero-order valence-corrected chi connectivity index (χ0v) is 18.4. The van der Waals surface area contributed by atoms with Gasteiger partial charge in [0.05, 0.1) is 11.6 Å². The van der Waals surface area contributed by atoms with Crippen LogP contribution in [0.2, 0.25) is 0 Å². The first-order valence-electron chi connectivity index (χ1n) is 10.5. The molecule has 3 heterocycles. The molecule has 2 saturated heterocycles. The highest BCUT2D eigenvalue weighted by Gasteiger charge is 2.23. The molecule has 0 bridgehead atoms. The lowest BCUT2D eigenvalue weighted by molar-refractivity contribution is 0.104. The fourth-order valence-corrected chi connectivity index (χ4v) is 3.57. The van der Waals surface area contributed by atoms with Gasteiger partial charge in [-0.2, -0.15) is 5.26 Å². The van der Waals surface area contributed by atoms with Gasteiger partial charge in [0.15, 0.2) is 11.5 Å². The van der Waals surface area contributed by atoms with E-state index >= 15 is 0 Å². The molecule has 5 nitrogen and oxygen atoms in total. The number of nitrogens with one attached hydrogen (secondary N) is 1. The minimum Gasteiger partial charge on any atom is -0.441 e. The van der Waals surface area contributed by atoms with Gasteiger partial charge in [-0.1, -0.05) is 18.2 Å². The average molecular weight is 425 g/mol. The van der Waals surface area contributed by atoms with Crippen LogP contribution >= 0.6 is 12.4 Å². The van der Waals surface area contributed by atoms with Crippen molar-refractivity contribution in [2.75, 3.05) is 19.6 Å². The smallest absolute Gasteiger partial charge is 0.196 e. The van der Waals surface area contributed by atoms with Gasteiger partial charge in [-0.05, 0) is 75.2 Å². The lowest BCUT2D eigenvalue weighted by atomic mass is 10.0. The van der Waals surface area contributed by atoms with Gasteiger partial charge in [-0.25, -0.2) is 4.98 Å². The first kappa shape index (κ1) is 22.3. The Morgan fingerprint density at radius 1 is 1.13 bits per heavy atom. The van der Waals surface area contributed by atoms with Crippen molar-refractivity contribution in [1.29, 1.82) is 5.26 Å². The molecule has 0 unspecified atom stereocenters. The van der Waals surface area contributed by atoms with Crippen molar-refractivity contribution in [2.45, 2.75) is 45.2 Å². The summed E-state index contributed by atoms with van der Waals surface area (Å²) in [7, 11) is 0. The Hall–Kier alpha value is -2.39. The number of halogens is 1. The van der Waals surface area contributed by atoms with Crippen LogP contribution in [0, 0.1) is 11.3 Å². The van der Waals surface area contributed by atoms with E-state index in [-0.39, 0.29) is 12.4 Å². The number of hydrogen-bond acceptors (Lipinski definition) is 5. The SMILES string of the molecule is C[C@@H]1CCN1.C[C@@H]1CCN1CCc1nc2cc(-c3ccc(C#N)cc3)ccc2o1.Cl. The predicted molar refractivity (Wildman–Crippen MR) is 123 cm³/mol. The van der Waals surface area contributed by atoms with E-state index in [4.69, 9.17) is 9.68 Å². The molecule has 2 aliphatic heterocycles. The summed E-state index contributed by atoms with van der Waals surface area (Å²) in [5.41, 5.74) is 4.56. The zero-order chi connectivity index (χ0) is 20.2. The highest BCUT2D eigenvalue weighted by molar-refractivity contribution is 5.85. The molecular formula is C24H29ClN4O. The van der Waals surface area contributed by atoms with Gasteiger partial charge in [0.2, 0.25) is 0 Å². The molecule has 2 aliphatic rings. The predicted octanol–water partition coefficient (Wildman–Crippen LogP) is 4.79. The van der Waals surface area contributed by atoms with E-state index in [1.807, 2.05) is 36.4 Å². The lowest BCUT2D eigenvalue weighted by Crippen LogP contribution is -2.46. The Balaban J connectivity index is 0.000000376. The normalized spacial score (nSPS) is 20.2. The molecule has 6 heteroatoms. The summed E-state index contributed by atoms with van der Waals surface area (Å²) in [4.78, 5) is 7.10. The average Bonchev–Trinajstić information content (AvgIpc) is 3.13. The van der Waals surface area contributed by atoms with Gasteiger partial charge in [0.25, 0.3) is 0 Å². The molecule has 0 saturated carbocycles. The van der Waals surface area contributed by atoms with Crippen LogP contribution in [0.1, 0.15) is 38.1 Å². The zero-order valence-electron chi connectivity index (χ0n) is 17.6. The van der Waals surface area contributed by atoms with Gasteiger partial charge in [0, 0.05) is 25.0 Å². The van der Waals surface area contributed by atoms with Crippen LogP contribution in [-0.2, 0) is 6.42 Å². The number of nitrogens with zero attached hydrogens (tertiary/aromatic N) is 3. The third-order valence-electron chi connectivity index (χ3n) is 5.92. The Kier molecular flexibility index (Phi) is 7.49. The van der Waals surface area contributed by atoms with E-state index in [0.717, 1.165) is 47.1 Å². The van der Waals surface area contributed by atoms with Crippen molar-refractivity contribution >= 4 is 23.5 Å². The summed E-state index contributed by atoms with van der Waals surface area (Å²) in [5, 5.41) is 12.1. The Morgan fingerprint density at radius 2 is 1.83 bits per heavy atom. The number of hydrogen-bond donors (Lipinski definition) is 1. The van der Waals surface area contributed by atoms with Gasteiger partial charge >= 0.3 is 0 Å². The van der Waals surface area contributed by atoms with E-state index in [1.165, 1.54) is 25.9 Å². The molecule has 30 heavy (non-hydrogen) atoms. The molecule has 2 atom stereocenters. The minimum absolute atomic E-state index is 0. The Morgan fingerprint density at radius 3 is 2.37 bits per heavy atom. The molecule has 0 aliphatic carbocycles. The van der Waals surface area contributed by atoms with Crippen molar-refractivity contribution in [3.05, 3.63) is 53.9 Å². The number of rotatable bonds is 4. The summed E-state index contributed by atoms with van der Waals surface area (Å²) in [6.07, 6.45) is 3.52. The van der Waals surface area contributed by atoms with Crippen LogP contribution in [0.25, 0.3) is 22.2 Å².